The van der Waals surface area contributed by atoms with Gasteiger partial charge in [-0.05, 0) is 59.1 Å². The van der Waals surface area contributed by atoms with E-state index in [0.717, 1.165) is 11.1 Å². The molecule has 1 heterocycles. The third-order valence-electron chi connectivity index (χ3n) is 3.64. The van der Waals surface area contributed by atoms with E-state index in [1.54, 1.807) is 24.4 Å². The zero-order valence-electron chi connectivity index (χ0n) is 14.2. The van der Waals surface area contributed by atoms with Crippen molar-refractivity contribution in [3.8, 4) is 0 Å². The van der Waals surface area contributed by atoms with E-state index in [9.17, 15) is 18.0 Å². The van der Waals surface area contributed by atoms with Gasteiger partial charge >= 0.3 is 0 Å². The highest BCUT2D eigenvalue weighted by Gasteiger charge is 2.15. The number of hydrogen-bond acceptors (Lipinski definition) is 4. The van der Waals surface area contributed by atoms with Gasteiger partial charge in [0.1, 0.15) is 5.69 Å². The van der Waals surface area contributed by atoms with Gasteiger partial charge in [-0.1, -0.05) is 6.07 Å². The minimum absolute atomic E-state index is 0.0923. The topological polar surface area (TPSA) is 120 Å². The van der Waals surface area contributed by atoms with Crippen LogP contribution in [0.5, 0.6) is 0 Å². The Kier molecular flexibility index (Phi) is 6.57. The summed E-state index contributed by atoms with van der Waals surface area (Å²) >= 11 is 3.20. The van der Waals surface area contributed by atoms with Crippen LogP contribution in [0.2, 0.25) is 0 Å². The Bertz CT molecular complexity index is 924. The molecular formula is C16H19BrN4O4S. The molecule has 1 aromatic carbocycles. The first-order valence-electron chi connectivity index (χ1n) is 7.69. The van der Waals surface area contributed by atoms with Crippen LogP contribution in [0.3, 0.4) is 0 Å². The first-order valence-corrected chi connectivity index (χ1v) is 9.96. The maximum absolute atomic E-state index is 12.2. The lowest BCUT2D eigenvalue weighted by Gasteiger charge is -2.09. The number of aromatic amines is 1. The quantitative estimate of drug-likeness (QED) is 0.506. The second-order valence-corrected chi connectivity index (χ2v) is 8.31. The summed E-state index contributed by atoms with van der Waals surface area (Å²) in [4.78, 5) is 26.3. The Morgan fingerprint density at radius 1 is 1.12 bits per heavy atom. The molecular weight excluding hydrogens is 424 g/mol. The van der Waals surface area contributed by atoms with Crippen LogP contribution in [-0.4, -0.2) is 31.8 Å². The van der Waals surface area contributed by atoms with Crippen LogP contribution in [-0.2, 0) is 14.8 Å². The number of halogens is 1. The van der Waals surface area contributed by atoms with Crippen molar-refractivity contribution in [2.75, 3.05) is 6.54 Å². The van der Waals surface area contributed by atoms with E-state index < -0.39 is 21.8 Å². The molecule has 8 nitrogen and oxygen atoms in total. The van der Waals surface area contributed by atoms with Crippen LogP contribution in [0, 0.1) is 13.8 Å². The van der Waals surface area contributed by atoms with Crippen LogP contribution in [0.25, 0.3) is 0 Å². The summed E-state index contributed by atoms with van der Waals surface area (Å²) in [5, 5.41) is 0. The van der Waals surface area contributed by atoms with Gasteiger partial charge in [-0.25, -0.2) is 13.1 Å². The molecule has 2 rings (SSSR count). The van der Waals surface area contributed by atoms with Crippen molar-refractivity contribution >= 4 is 37.8 Å². The molecule has 0 spiro atoms. The van der Waals surface area contributed by atoms with Gasteiger partial charge in [0.25, 0.3) is 5.91 Å². The number of hydrazine groups is 1. The molecule has 0 unspecified atom stereocenters. The first-order chi connectivity index (χ1) is 12.2. The minimum atomic E-state index is -3.69. The number of carbonyl (C=O) groups excluding carboxylic acids is 2. The molecule has 0 aliphatic rings. The molecule has 0 aliphatic carbocycles. The van der Waals surface area contributed by atoms with Crippen molar-refractivity contribution in [2.24, 2.45) is 0 Å². The molecule has 1 aromatic heterocycles. The molecule has 0 bridgehead atoms. The van der Waals surface area contributed by atoms with E-state index in [1.165, 1.54) is 6.07 Å². The molecule has 2 amide bonds. The fourth-order valence-corrected chi connectivity index (χ4v) is 3.48. The average Bonchev–Trinajstić information content (AvgIpc) is 3.01. The maximum Gasteiger partial charge on any atom is 0.286 e. The van der Waals surface area contributed by atoms with Gasteiger partial charge in [0.2, 0.25) is 15.9 Å². The fraction of sp³-hybridized carbons (Fsp3) is 0.250. The Labute approximate surface area is 159 Å². The summed E-state index contributed by atoms with van der Waals surface area (Å²) in [5.41, 5.74) is 6.59. The van der Waals surface area contributed by atoms with Gasteiger partial charge in [0.05, 0.1) is 4.90 Å². The second kappa shape index (κ2) is 8.47. The Morgan fingerprint density at radius 2 is 1.85 bits per heavy atom. The molecule has 0 aliphatic heterocycles. The summed E-state index contributed by atoms with van der Waals surface area (Å²) in [6, 6.07) is 6.37. The van der Waals surface area contributed by atoms with Crippen LogP contribution in [0.1, 0.15) is 28.0 Å². The van der Waals surface area contributed by atoms with E-state index in [2.05, 4.69) is 36.5 Å². The van der Waals surface area contributed by atoms with Gasteiger partial charge in [0, 0.05) is 23.6 Å². The van der Waals surface area contributed by atoms with Gasteiger partial charge < -0.3 is 4.98 Å². The molecule has 2 aromatic rings. The highest BCUT2D eigenvalue weighted by molar-refractivity contribution is 9.10. The molecule has 0 atom stereocenters. The lowest BCUT2D eigenvalue weighted by molar-refractivity contribution is -0.121. The number of aromatic nitrogens is 1. The molecule has 10 heteroatoms. The van der Waals surface area contributed by atoms with Gasteiger partial charge in [0.15, 0.2) is 0 Å². The normalized spacial score (nSPS) is 11.2. The van der Waals surface area contributed by atoms with E-state index in [1.807, 2.05) is 13.8 Å². The van der Waals surface area contributed by atoms with Crippen molar-refractivity contribution < 1.29 is 18.0 Å². The Balaban J connectivity index is 1.80. The molecule has 0 saturated carbocycles. The lowest BCUT2D eigenvalue weighted by atomic mass is 10.1. The Morgan fingerprint density at radius 3 is 2.46 bits per heavy atom. The molecule has 140 valence electrons. The van der Waals surface area contributed by atoms with Crippen LogP contribution < -0.4 is 15.6 Å². The highest BCUT2D eigenvalue weighted by Crippen LogP contribution is 2.14. The van der Waals surface area contributed by atoms with Crippen molar-refractivity contribution in [3.63, 3.8) is 0 Å². The number of carbonyl (C=O) groups is 2. The van der Waals surface area contributed by atoms with Crippen molar-refractivity contribution in [1.29, 1.82) is 0 Å². The van der Waals surface area contributed by atoms with E-state index >= 15 is 0 Å². The average molecular weight is 443 g/mol. The van der Waals surface area contributed by atoms with Crippen LogP contribution >= 0.6 is 15.9 Å². The predicted molar refractivity (Wildman–Crippen MR) is 99.8 cm³/mol. The third kappa shape index (κ3) is 5.41. The predicted octanol–water partition coefficient (Wildman–Crippen LogP) is 1.52. The number of H-pyrrole nitrogens is 1. The van der Waals surface area contributed by atoms with E-state index in [0.29, 0.717) is 4.47 Å². The zero-order chi connectivity index (χ0) is 19.3. The Hall–Kier alpha value is -2.17. The molecule has 0 saturated heterocycles. The summed E-state index contributed by atoms with van der Waals surface area (Å²) in [6.07, 6.45) is 1.46. The SMILES string of the molecule is Cc1ccc(S(=O)(=O)NCCC(=O)NNC(=O)c2cc(Br)c[nH]2)cc1C. The summed E-state index contributed by atoms with van der Waals surface area (Å²) in [6.45, 7) is 3.63. The van der Waals surface area contributed by atoms with E-state index in [-0.39, 0.29) is 23.6 Å². The number of benzene rings is 1. The molecule has 0 radical (unpaired) electrons. The molecule has 4 N–H and O–H groups in total. The number of rotatable bonds is 6. The maximum atomic E-state index is 12.2. The van der Waals surface area contributed by atoms with Crippen molar-refractivity contribution in [2.45, 2.75) is 25.2 Å². The van der Waals surface area contributed by atoms with Crippen molar-refractivity contribution in [1.82, 2.24) is 20.6 Å². The van der Waals surface area contributed by atoms with Crippen molar-refractivity contribution in [3.05, 3.63) is 51.8 Å². The monoisotopic (exact) mass is 442 g/mol. The second-order valence-electron chi connectivity index (χ2n) is 5.63. The fourth-order valence-electron chi connectivity index (χ4n) is 2.02. The number of nitrogens with one attached hydrogen (secondary N) is 4. The van der Waals surface area contributed by atoms with E-state index in [4.69, 9.17) is 0 Å². The van der Waals surface area contributed by atoms with Gasteiger partial charge in [-0.15, -0.1) is 0 Å². The number of amides is 2. The smallest absolute Gasteiger partial charge is 0.286 e. The zero-order valence-corrected chi connectivity index (χ0v) is 16.6. The summed E-state index contributed by atoms with van der Waals surface area (Å²) < 4.78 is 27.5. The lowest BCUT2D eigenvalue weighted by Crippen LogP contribution is -2.42. The molecule has 26 heavy (non-hydrogen) atoms. The summed E-state index contributed by atoms with van der Waals surface area (Å²) in [7, 11) is -3.69. The van der Waals surface area contributed by atoms with Crippen LogP contribution in [0.4, 0.5) is 0 Å². The highest BCUT2D eigenvalue weighted by atomic mass is 79.9. The minimum Gasteiger partial charge on any atom is -0.356 e. The molecule has 0 fully saturated rings. The first kappa shape index (κ1) is 20.1. The number of sulfonamides is 1. The van der Waals surface area contributed by atoms with Gasteiger partial charge in [-0.3, -0.25) is 20.4 Å². The summed E-state index contributed by atoms with van der Waals surface area (Å²) in [5.74, 6) is -1.04. The van der Waals surface area contributed by atoms with Crippen LogP contribution in [0.15, 0.2) is 39.8 Å². The number of hydrogen-bond donors (Lipinski definition) is 4. The largest absolute Gasteiger partial charge is 0.356 e. The number of aryl methyl sites for hydroxylation is 2. The third-order valence-corrected chi connectivity index (χ3v) is 5.56. The standard InChI is InChI=1S/C16H19BrN4O4S/c1-10-3-4-13(7-11(10)2)26(24,25)19-6-5-15(22)20-21-16(23)14-8-12(17)9-18-14/h3-4,7-9,18-19H,5-6H2,1-2H3,(H,20,22)(H,21,23). The van der Waals surface area contributed by atoms with Gasteiger partial charge in [-0.2, -0.15) is 0 Å².